The van der Waals surface area contributed by atoms with Crippen molar-refractivity contribution < 1.29 is 0 Å². The van der Waals surface area contributed by atoms with Gasteiger partial charge in [-0.05, 0) is 26.1 Å². The second-order valence-corrected chi connectivity index (χ2v) is 5.73. The molecule has 0 N–H and O–H groups in total. The van der Waals surface area contributed by atoms with Crippen LogP contribution in [0.5, 0.6) is 0 Å². The lowest BCUT2D eigenvalue weighted by atomic mass is 10.2. The molecule has 2 aromatic heterocycles. The summed E-state index contributed by atoms with van der Waals surface area (Å²) >= 11 is 0. The van der Waals surface area contributed by atoms with E-state index in [2.05, 4.69) is 39.2 Å². The molecule has 21 heavy (non-hydrogen) atoms. The van der Waals surface area contributed by atoms with Crippen molar-refractivity contribution >= 4 is 0 Å². The van der Waals surface area contributed by atoms with E-state index in [0.29, 0.717) is 0 Å². The lowest BCUT2D eigenvalue weighted by molar-refractivity contribution is 0.151. The number of piperazine rings is 1. The fourth-order valence-corrected chi connectivity index (χ4v) is 2.70. The summed E-state index contributed by atoms with van der Waals surface area (Å²) in [6.07, 6.45) is 8.86. The van der Waals surface area contributed by atoms with Gasteiger partial charge in [-0.3, -0.25) is 9.67 Å². The highest BCUT2D eigenvalue weighted by molar-refractivity contribution is 5.60. The van der Waals surface area contributed by atoms with E-state index in [0.717, 1.165) is 30.6 Å². The summed E-state index contributed by atoms with van der Waals surface area (Å²) in [4.78, 5) is 9.09. The minimum Gasteiger partial charge on any atom is -0.304 e. The minimum atomic E-state index is 0.979. The number of hydrogen-bond acceptors (Lipinski definition) is 4. The molecule has 5 heteroatoms. The molecule has 1 aliphatic rings. The zero-order valence-corrected chi connectivity index (χ0v) is 12.6. The van der Waals surface area contributed by atoms with Crippen molar-refractivity contribution in [2.24, 2.45) is 0 Å². The van der Waals surface area contributed by atoms with E-state index in [1.807, 2.05) is 23.1 Å². The van der Waals surface area contributed by atoms with Gasteiger partial charge in [-0.2, -0.15) is 5.10 Å². The van der Waals surface area contributed by atoms with Gasteiger partial charge in [-0.15, -0.1) is 0 Å². The second-order valence-electron chi connectivity index (χ2n) is 5.73. The van der Waals surface area contributed by atoms with Crippen molar-refractivity contribution in [3.8, 4) is 11.1 Å². The summed E-state index contributed by atoms with van der Waals surface area (Å²) in [6, 6.07) is 4.03. The van der Waals surface area contributed by atoms with Crippen LogP contribution in [0.25, 0.3) is 11.1 Å². The maximum atomic E-state index is 4.45. The monoisotopic (exact) mass is 285 g/mol. The number of pyridine rings is 1. The van der Waals surface area contributed by atoms with Gasteiger partial charge < -0.3 is 9.80 Å². The minimum absolute atomic E-state index is 0.979. The smallest absolute Gasteiger partial charge is 0.0568 e. The van der Waals surface area contributed by atoms with Gasteiger partial charge in [0.25, 0.3) is 0 Å². The predicted octanol–water partition coefficient (Wildman–Crippen LogP) is 1.58. The SMILES string of the molecule is CN1CCN(CCCn2cc(-c3cccnc3)cn2)CC1. The van der Waals surface area contributed by atoms with Crippen LogP contribution in [0, 0.1) is 0 Å². The summed E-state index contributed by atoms with van der Waals surface area (Å²) in [5.74, 6) is 0. The van der Waals surface area contributed by atoms with Gasteiger partial charge in [0.05, 0.1) is 6.20 Å². The molecule has 0 saturated carbocycles. The standard InChI is InChI=1S/C16H23N5/c1-19-8-10-20(11-9-19)6-3-7-21-14-16(13-18-21)15-4-2-5-17-12-15/h2,4-5,12-14H,3,6-11H2,1H3. The topological polar surface area (TPSA) is 37.2 Å². The van der Waals surface area contributed by atoms with Crippen molar-refractivity contribution in [1.29, 1.82) is 0 Å². The molecule has 0 amide bonds. The quantitative estimate of drug-likeness (QED) is 0.836. The lowest BCUT2D eigenvalue weighted by Crippen LogP contribution is -2.44. The number of rotatable bonds is 5. The highest BCUT2D eigenvalue weighted by Gasteiger charge is 2.12. The molecule has 0 aromatic carbocycles. The number of hydrogen-bond donors (Lipinski definition) is 0. The summed E-state index contributed by atoms with van der Waals surface area (Å²) in [6.45, 7) is 6.90. The molecule has 0 unspecified atom stereocenters. The normalized spacial score (nSPS) is 17.2. The van der Waals surface area contributed by atoms with Gasteiger partial charge in [-0.1, -0.05) is 6.07 Å². The third kappa shape index (κ3) is 3.89. The maximum absolute atomic E-state index is 4.45. The van der Waals surface area contributed by atoms with E-state index in [1.54, 1.807) is 6.20 Å². The first kappa shape index (κ1) is 14.2. The molecular weight excluding hydrogens is 262 g/mol. The Labute approximate surface area is 126 Å². The maximum Gasteiger partial charge on any atom is 0.0568 e. The van der Waals surface area contributed by atoms with Crippen LogP contribution >= 0.6 is 0 Å². The van der Waals surface area contributed by atoms with Crippen LogP contribution in [0.15, 0.2) is 36.9 Å². The van der Waals surface area contributed by atoms with Gasteiger partial charge in [-0.25, -0.2) is 0 Å². The molecule has 112 valence electrons. The fraction of sp³-hybridized carbons (Fsp3) is 0.500. The van der Waals surface area contributed by atoms with Crippen molar-refractivity contribution in [2.75, 3.05) is 39.8 Å². The van der Waals surface area contributed by atoms with Crippen LogP contribution in [0.2, 0.25) is 0 Å². The Morgan fingerprint density at radius 2 is 1.90 bits per heavy atom. The Morgan fingerprint density at radius 3 is 2.67 bits per heavy atom. The van der Waals surface area contributed by atoms with Gasteiger partial charge in [0.15, 0.2) is 0 Å². The summed E-state index contributed by atoms with van der Waals surface area (Å²) in [7, 11) is 2.20. The zero-order chi connectivity index (χ0) is 14.5. The van der Waals surface area contributed by atoms with Crippen molar-refractivity contribution in [1.82, 2.24) is 24.6 Å². The average Bonchev–Trinajstić information content (AvgIpc) is 2.99. The first-order valence-electron chi connectivity index (χ1n) is 7.65. The van der Waals surface area contributed by atoms with E-state index >= 15 is 0 Å². The lowest BCUT2D eigenvalue weighted by Gasteiger charge is -2.32. The van der Waals surface area contributed by atoms with Crippen LogP contribution in [-0.4, -0.2) is 64.3 Å². The highest BCUT2D eigenvalue weighted by Crippen LogP contribution is 2.16. The fourth-order valence-electron chi connectivity index (χ4n) is 2.70. The Kier molecular flexibility index (Phi) is 4.62. The largest absolute Gasteiger partial charge is 0.304 e. The van der Waals surface area contributed by atoms with Gasteiger partial charge in [0.1, 0.15) is 0 Å². The molecule has 1 saturated heterocycles. The van der Waals surface area contributed by atoms with Crippen LogP contribution in [-0.2, 0) is 6.54 Å². The number of aromatic nitrogens is 3. The Bertz CT molecular complexity index is 543. The second kappa shape index (κ2) is 6.83. The van der Waals surface area contributed by atoms with E-state index in [1.165, 1.54) is 26.2 Å². The number of nitrogens with zero attached hydrogens (tertiary/aromatic N) is 5. The molecule has 0 spiro atoms. The van der Waals surface area contributed by atoms with Crippen LogP contribution < -0.4 is 0 Å². The molecule has 0 bridgehead atoms. The Balaban J connectivity index is 1.47. The molecule has 1 fully saturated rings. The molecule has 0 aliphatic carbocycles. The average molecular weight is 285 g/mol. The summed E-state index contributed by atoms with van der Waals surface area (Å²) in [5, 5.41) is 4.45. The third-order valence-corrected chi connectivity index (χ3v) is 4.09. The van der Waals surface area contributed by atoms with Gasteiger partial charge in [0, 0.05) is 62.4 Å². The van der Waals surface area contributed by atoms with E-state index in [-0.39, 0.29) is 0 Å². The molecule has 5 nitrogen and oxygen atoms in total. The first-order chi connectivity index (χ1) is 10.3. The van der Waals surface area contributed by atoms with Crippen molar-refractivity contribution in [3.63, 3.8) is 0 Å². The van der Waals surface area contributed by atoms with Crippen molar-refractivity contribution in [2.45, 2.75) is 13.0 Å². The molecule has 2 aromatic rings. The summed E-state index contributed by atoms with van der Waals surface area (Å²) in [5.41, 5.74) is 2.27. The van der Waals surface area contributed by atoms with E-state index in [4.69, 9.17) is 0 Å². The third-order valence-electron chi connectivity index (χ3n) is 4.09. The van der Waals surface area contributed by atoms with Crippen LogP contribution in [0.4, 0.5) is 0 Å². The highest BCUT2D eigenvalue weighted by atomic mass is 15.3. The van der Waals surface area contributed by atoms with Crippen molar-refractivity contribution in [3.05, 3.63) is 36.9 Å². The zero-order valence-electron chi connectivity index (χ0n) is 12.6. The Hall–Kier alpha value is -1.72. The van der Waals surface area contributed by atoms with Crippen LogP contribution in [0.3, 0.4) is 0 Å². The molecular formula is C16H23N5. The molecule has 1 aliphatic heterocycles. The van der Waals surface area contributed by atoms with E-state index < -0.39 is 0 Å². The first-order valence-corrected chi connectivity index (χ1v) is 7.65. The predicted molar refractivity (Wildman–Crippen MR) is 84.0 cm³/mol. The molecule has 3 rings (SSSR count). The number of aryl methyl sites for hydroxylation is 1. The van der Waals surface area contributed by atoms with Gasteiger partial charge in [0.2, 0.25) is 0 Å². The molecule has 0 atom stereocenters. The molecule has 0 radical (unpaired) electrons. The van der Waals surface area contributed by atoms with Crippen LogP contribution in [0.1, 0.15) is 6.42 Å². The Morgan fingerprint density at radius 1 is 1.05 bits per heavy atom. The summed E-state index contributed by atoms with van der Waals surface area (Å²) < 4.78 is 2.04. The van der Waals surface area contributed by atoms with Gasteiger partial charge >= 0.3 is 0 Å². The van der Waals surface area contributed by atoms with E-state index in [9.17, 15) is 0 Å². The number of likely N-dealkylation sites (N-methyl/N-ethyl adjacent to an activating group) is 1. The molecule has 3 heterocycles.